The molecule has 19 heavy (non-hydrogen) atoms. The zero-order chi connectivity index (χ0) is 13.7. The van der Waals surface area contributed by atoms with E-state index >= 15 is 0 Å². The second kappa shape index (κ2) is 6.70. The molecule has 5 nitrogen and oxygen atoms in total. The Bertz CT molecular complexity index is 402. The van der Waals surface area contributed by atoms with Crippen molar-refractivity contribution in [1.29, 1.82) is 0 Å². The minimum Gasteiger partial charge on any atom is -0.478 e. The number of hydrogen-bond acceptors (Lipinski definition) is 5. The summed E-state index contributed by atoms with van der Waals surface area (Å²) in [5, 5.41) is 0. The van der Waals surface area contributed by atoms with E-state index in [1.807, 2.05) is 19.9 Å². The Morgan fingerprint density at radius 1 is 1.37 bits per heavy atom. The molecule has 0 spiro atoms. The third-order valence-corrected chi connectivity index (χ3v) is 3.61. The third kappa shape index (κ3) is 3.80. The lowest BCUT2D eigenvalue weighted by Gasteiger charge is -2.32. The largest absolute Gasteiger partial charge is 0.478 e. The first-order valence-corrected chi connectivity index (χ1v) is 7.16. The van der Waals surface area contributed by atoms with Crippen molar-refractivity contribution in [3.63, 3.8) is 0 Å². The highest BCUT2D eigenvalue weighted by molar-refractivity contribution is 5.42. The fourth-order valence-electron chi connectivity index (χ4n) is 2.60. The molecule has 1 aliphatic heterocycles. The Labute approximate surface area is 115 Å². The zero-order valence-corrected chi connectivity index (χ0v) is 11.9. The summed E-state index contributed by atoms with van der Waals surface area (Å²) in [4.78, 5) is 11.1. The summed E-state index contributed by atoms with van der Waals surface area (Å²) in [6, 6.07) is 1.94. The first kappa shape index (κ1) is 14.1. The standard InChI is InChI=1S/C14H24N4O/c1-3-19-14-10-13(16-11(2)17-14)18-8-5-12(4-7-15)6-9-18/h10,12H,3-9,15H2,1-2H3. The average Bonchev–Trinajstić information content (AvgIpc) is 2.40. The summed E-state index contributed by atoms with van der Waals surface area (Å²) in [5.41, 5.74) is 5.63. The van der Waals surface area contributed by atoms with Crippen LogP contribution in [0.15, 0.2) is 6.07 Å². The Hall–Kier alpha value is -1.36. The van der Waals surface area contributed by atoms with Gasteiger partial charge >= 0.3 is 0 Å². The van der Waals surface area contributed by atoms with Gasteiger partial charge in [-0.3, -0.25) is 0 Å². The van der Waals surface area contributed by atoms with Gasteiger partial charge in [-0.1, -0.05) is 0 Å². The summed E-state index contributed by atoms with van der Waals surface area (Å²) in [7, 11) is 0. The summed E-state index contributed by atoms with van der Waals surface area (Å²) in [5.74, 6) is 3.21. The van der Waals surface area contributed by atoms with E-state index in [4.69, 9.17) is 10.5 Å². The number of piperidine rings is 1. The average molecular weight is 264 g/mol. The number of aromatic nitrogens is 2. The quantitative estimate of drug-likeness (QED) is 0.877. The summed E-state index contributed by atoms with van der Waals surface area (Å²) >= 11 is 0. The van der Waals surface area contributed by atoms with Gasteiger partial charge in [-0.2, -0.15) is 4.98 Å². The van der Waals surface area contributed by atoms with Gasteiger partial charge in [0.15, 0.2) is 0 Å². The first-order valence-electron chi connectivity index (χ1n) is 7.16. The Morgan fingerprint density at radius 3 is 2.74 bits per heavy atom. The molecule has 0 aliphatic carbocycles. The van der Waals surface area contributed by atoms with Crippen LogP contribution in [0, 0.1) is 12.8 Å². The van der Waals surface area contributed by atoms with Crippen LogP contribution in [-0.4, -0.2) is 36.2 Å². The minimum atomic E-state index is 0.633. The van der Waals surface area contributed by atoms with Crippen LogP contribution in [0.5, 0.6) is 5.88 Å². The highest BCUT2D eigenvalue weighted by Gasteiger charge is 2.20. The summed E-state index contributed by atoms with van der Waals surface area (Å²) in [6.45, 7) is 7.40. The van der Waals surface area contributed by atoms with Crippen LogP contribution in [0.25, 0.3) is 0 Å². The Balaban J connectivity index is 2.02. The van der Waals surface area contributed by atoms with Crippen LogP contribution < -0.4 is 15.4 Å². The molecule has 0 bridgehead atoms. The summed E-state index contributed by atoms with van der Waals surface area (Å²) in [6.07, 6.45) is 3.54. The number of nitrogens with zero attached hydrogens (tertiary/aromatic N) is 3. The van der Waals surface area contributed by atoms with E-state index in [-0.39, 0.29) is 0 Å². The lowest BCUT2D eigenvalue weighted by atomic mass is 9.94. The van der Waals surface area contributed by atoms with Crippen LogP contribution in [-0.2, 0) is 0 Å². The van der Waals surface area contributed by atoms with Crippen molar-refractivity contribution >= 4 is 5.82 Å². The topological polar surface area (TPSA) is 64.3 Å². The van der Waals surface area contributed by atoms with E-state index in [2.05, 4.69) is 14.9 Å². The lowest BCUT2D eigenvalue weighted by molar-refractivity contribution is 0.325. The number of ether oxygens (including phenoxy) is 1. The van der Waals surface area contributed by atoms with E-state index in [9.17, 15) is 0 Å². The number of hydrogen-bond donors (Lipinski definition) is 1. The van der Waals surface area contributed by atoms with Gasteiger partial charge in [-0.15, -0.1) is 0 Å². The number of nitrogens with two attached hydrogens (primary N) is 1. The predicted octanol–water partition coefficient (Wildman–Crippen LogP) is 1.75. The molecular weight excluding hydrogens is 240 g/mol. The van der Waals surface area contributed by atoms with Crippen molar-refractivity contribution in [3.8, 4) is 5.88 Å². The van der Waals surface area contributed by atoms with E-state index in [1.54, 1.807) is 0 Å². The molecule has 0 atom stereocenters. The van der Waals surface area contributed by atoms with Gasteiger partial charge < -0.3 is 15.4 Å². The molecule has 106 valence electrons. The monoisotopic (exact) mass is 264 g/mol. The molecule has 1 aliphatic rings. The second-order valence-corrected chi connectivity index (χ2v) is 5.05. The van der Waals surface area contributed by atoms with E-state index < -0.39 is 0 Å². The molecule has 0 saturated carbocycles. The fourth-order valence-corrected chi connectivity index (χ4v) is 2.60. The van der Waals surface area contributed by atoms with Crippen LogP contribution in [0.3, 0.4) is 0 Å². The highest BCUT2D eigenvalue weighted by Crippen LogP contribution is 2.25. The van der Waals surface area contributed by atoms with E-state index in [0.29, 0.717) is 12.5 Å². The minimum absolute atomic E-state index is 0.633. The number of anilines is 1. The van der Waals surface area contributed by atoms with Crippen molar-refractivity contribution in [3.05, 3.63) is 11.9 Å². The van der Waals surface area contributed by atoms with Gasteiger partial charge in [0.1, 0.15) is 11.6 Å². The van der Waals surface area contributed by atoms with E-state index in [1.165, 1.54) is 12.8 Å². The third-order valence-electron chi connectivity index (χ3n) is 3.61. The molecule has 0 amide bonds. The van der Waals surface area contributed by atoms with Gasteiger partial charge in [0.05, 0.1) is 6.61 Å². The molecule has 1 aromatic rings. The lowest BCUT2D eigenvalue weighted by Crippen LogP contribution is -2.35. The van der Waals surface area contributed by atoms with Gasteiger partial charge in [-0.25, -0.2) is 4.98 Å². The van der Waals surface area contributed by atoms with Gasteiger partial charge in [0.2, 0.25) is 5.88 Å². The molecular formula is C14H24N4O. The fraction of sp³-hybridized carbons (Fsp3) is 0.714. The maximum atomic E-state index is 5.63. The maximum absolute atomic E-state index is 5.63. The van der Waals surface area contributed by atoms with Crippen LogP contribution in [0.2, 0.25) is 0 Å². The molecule has 0 aromatic carbocycles. The molecule has 1 aromatic heterocycles. The van der Waals surface area contributed by atoms with E-state index in [0.717, 1.165) is 43.6 Å². The van der Waals surface area contributed by atoms with Crippen LogP contribution in [0.4, 0.5) is 5.82 Å². The second-order valence-electron chi connectivity index (χ2n) is 5.05. The van der Waals surface area contributed by atoms with Crippen molar-refractivity contribution in [1.82, 2.24) is 9.97 Å². The first-order chi connectivity index (χ1) is 9.22. The molecule has 2 rings (SSSR count). The van der Waals surface area contributed by atoms with Crippen molar-refractivity contribution in [2.45, 2.75) is 33.1 Å². The van der Waals surface area contributed by atoms with Gasteiger partial charge in [-0.05, 0) is 45.6 Å². The Morgan fingerprint density at radius 2 is 2.11 bits per heavy atom. The van der Waals surface area contributed by atoms with Crippen molar-refractivity contribution < 1.29 is 4.74 Å². The molecule has 1 fully saturated rings. The normalized spacial score (nSPS) is 16.7. The molecule has 0 radical (unpaired) electrons. The molecule has 2 N–H and O–H groups in total. The van der Waals surface area contributed by atoms with Gasteiger partial charge in [0.25, 0.3) is 0 Å². The zero-order valence-electron chi connectivity index (χ0n) is 11.9. The maximum Gasteiger partial charge on any atom is 0.218 e. The van der Waals surface area contributed by atoms with Crippen LogP contribution in [0.1, 0.15) is 32.0 Å². The molecule has 0 unspecified atom stereocenters. The number of rotatable bonds is 5. The SMILES string of the molecule is CCOc1cc(N2CCC(CCN)CC2)nc(C)n1. The summed E-state index contributed by atoms with van der Waals surface area (Å²) < 4.78 is 5.48. The Kier molecular flexibility index (Phi) is 4.96. The van der Waals surface area contributed by atoms with Crippen molar-refractivity contribution in [2.75, 3.05) is 31.1 Å². The highest BCUT2D eigenvalue weighted by atomic mass is 16.5. The van der Waals surface area contributed by atoms with Crippen molar-refractivity contribution in [2.24, 2.45) is 11.7 Å². The van der Waals surface area contributed by atoms with Gasteiger partial charge in [0, 0.05) is 19.2 Å². The predicted molar refractivity (Wildman–Crippen MR) is 76.5 cm³/mol. The van der Waals surface area contributed by atoms with Crippen LogP contribution >= 0.6 is 0 Å². The molecule has 5 heteroatoms. The number of aryl methyl sites for hydroxylation is 1. The molecule has 2 heterocycles. The smallest absolute Gasteiger partial charge is 0.218 e. The molecule has 1 saturated heterocycles.